The summed E-state index contributed by atoms with van der Waals surface area (Å²) in [5, 5.41) is 19.9. The average Bonchev–Trinajstić information content (AvgIpc) is 3.35. The second kappa shape index (κ2) is 12.5. The molecule has 2 amide bonds. The molecule has 0 aromatic heterocycles. The van der Waals surface area contributed by atoms with E-state index in [-0.39, 0.29) is 71.8 Å². The molecule has 2 N–H and O–H groups in total. The van der Waals surface area contributed by atoms with Crippen molar-refractivity contribution in [1.29, 1.82) is 0 Å². The minimum absolute atomic E-state index is 0.00245. The van der Waals surface area contributed by atoms with Gasteiger partial charge in [0.15, 0.2) is 23.1 Å². The summed E-state index contributed by atoms with van der Waals surface area (Å²) < 4.78 is 5.49. The molecule has 10 heteroatoms. The van der Waals surface area contributed by atoms with Gasteiger partial charge in [0.2, 0.25) is 11.8 Å². The highest BCUT2D eigenvalue weighted by atomic mass is 35.5. The van der Waals surface area contributed by atoms with Gasteiger partial charge in [-0.1, -0.05) is 83.9 Å². The molecule has 6 atom stereocenters. The number of methoxy groups -OCH3 is 1. The predicted molar refractivity (Wildman–Crippen MR) is 180 cm³/mol. The Morgan fingerprint density at radius 1 is 0.980 bits per heavy atom. The van der Waals surface area contributed by atoms with Gasteiger partial charge in [-0.25, -0.2) is 0 Å². The van der Waals surface area contributed by atoms with Crippen LogP contribution in [0.4, 0.5) is 0 Å². The maximum atomic E-state index is 15.1. The number of benzene rings is 3. The number of fused-ring (bicyclic) bond motifs is 4. The van der Waals surface area contributed by atoms with Gasteiger partial charge in [0.1, 0.15) is 0 Å². The van der Waals surface area contributed by atoms with Crippen LogP contribution in [0.15, 0.2) is 90.5 Å². The molecule has 1 heterocycles. The van der Waals surface area contributed by atoms with Crippen LogP contribution in [0.25, 0.3) is 5.57 Å². The van der Waals surface area contributed by atoms with Gasteiger partial charge < -0.3 is 14.9 Å². The van der Waals surface area contributed by atoms with Crippen molar-refractivity contribution in [2.24, 2.45) is 23.7 Å². The number of carboxylic acids is 1. The van der Waals surface area contributed by atoms with E-state index < -0.39 is 46.9 Å². The van der Waals surface area contributed by atoms with E-state index in [1.807, 2.05) is 42.5 Å². The number of hydrogen-bond acceptors (Lipinski definition) is 7. The molecule has 0 spiro atoms. The fourth-order valence-corrected chi connectivity index (χ4v) is 9.06. The Labute approximate surface area is 287 Å². The van der Waals surface area contributed by atoms with E-state index in [0.717, 1.165) is 5.57 Å². The van der Waals surface area contributed by atoms with Crippen molar-refractivity contribution in [3.63, 3.8) is 0 Å². The van der Waals surface area contributed by atoms with Crippen molar-refractivity contribution in [2.45, 2.75) is 37.0 Å². The number of phenols is 1. The SMILES string of the molecule is COc1cc(C2C3=CCC4C(=O)N(CCCC(=O)O)C(=O)C4C3CC3C(=O)C(c4ccccc4)=CC(=O)C32c2ccccc2)cc(Cl)c1O. The smallest absolute Gasteiger partial charge is 0.303 e. The summed E-state index contributed by atoms with van der Waals surface area (Å²) in [4.78, 5) is 70.2. The number of Topliss-reactive ketones (excluding diaryl/α,β-unsaturated/α-hetero) is 1. The number of carbonyl (C=O) groups excluding carboxylic acids is 4. The number of ether oxygens (including phenoxy) is 1. The van der Waals surface area contributed by atoms with Crippen molar-refractivity contribution in [3.8, 4) is 11.5 Å². The number of amides is 2. The van der Waals surface area contributed by atoms with E-state index in [1.54, 1.807) is 36.4 Å². The number of aliphatic carboxylic acids is 1. The lowest BCUT2D eigenvalue weighted by atomic mass is 9.44. The largest absolute Gasteiger partial charge is 0.503 e. The molecular weight excluding hydrogens is 646 g/mol. The molecule has 250 valence electrons. The van der Waals surface area contributed by atoms with Gasteiger partial charge in [-0.2, -0.15) is 0 Å². The van der Waals surface area contributed by atoms with Gasteiger partial charge in [0.05, 0.1) is 29.4 Å². The lowest BCUT2D eigenvalue weighted by molar-refractivity contribution is -0.142. The molecule has 3 aliphatic carbocycles. The van der Waals surface area contributed by atoms with Crippen LogP contribution in [0.5, 0.6) is 11.5 Å². The number of hydrogen-bond donors (Lipinski definition) is 2. The predicted octanol–water partition coefficient (Wildman–Crippen LogP) is 5.74. The molecule has 9 nitrogen and oxygen atoms in total. The number of ketones is 2. The number of likely N-dealkylation sites (tertiary alicyclic amines) is 1. The summed E-state index contributed by atoms with van der Waals surface area (Å²) in [6, 6.07) is 21.4. The quantitative estimate of drug-likeness (QED) is 0.227. The molecular formula is C39H34ClNO8. The summed E-state index contributed by atoms with van der Waals surface area (Å²) in [6.07, 6.45) is 3.69. The summed E-state index contributed by atoms with van der Waals surface area (Å²) in [6.45, 7) is -0.0110. The fraction of sp³-hybridized carbons (Fsp3) is 0.308. The monoisotopic (exact) mass is 679 g/mol. The first-order chi connectivity index (χ1) is 23.6. The Morgan fingerprint density at radius 2 is 1.67 bits per heavy atom. The van der Waals surface area contributed by atoms with Gasteiger partial charge in [-0.15, -0.1) is 0 Å². The highest BCUT2D eigenvalue weighted by Crippen LogP contribution is 2.64. The molecule has 7 rings (SSSR count). The van der Waals surface area contributed by atoms with E-state index in [1.165, 1.54) is 18.1 Å². The highest BCUT2D eigenvalue weighted by Gasteiger charge is 2.65. The molecule has 3 aromatic carbocycles. The molecule has 0 radical (unpaired) electrons. The number of phenolic OH excluding ortho intramolecular Hbond substituents is 1. The Balaban J connectivity index is 1.46. The minimum atomic E-state index is -1.45. The molecule has 3 aromatic rings. The zero-order valence-electron chi connectivity index (χ0n) is 26.7. The maximum absolute atomic E-state index is 15.1. The van der Waals surface area contributed by atoms with Crippen molar-refractivity contribution in [1.82, 2.24) is 4.90 Å². The van der Waals surface area contributed by atoms with Gasteiger partial charge in [-0.05, 0) is 60.1 Å². The lowest BCUT2D eigenvalue weighted by Gasteiger charge is -2.55. The van der Waals surface area contributed by atoms with Crippen molar-refractivity contribution in [2.75, 3.05) is 13.7 Å². The molecule has 2 fully saturated rings. The zero-order chi connectivity index (χ0) is 34.6. The maximum Gasteiger partial charge on any atom is 0.303 e. The second-order valence-electron chi connectivity index (χ2n) is 13.2. The van der Waals surface area contributed by atoms with Crippen LogP contribution < -0.4 is 4.74 Å². The molecule has 6 unspecified atom stereocenters. The molecule has 1 saturated heterocycles. The summed E-state index contributed by atoms with van der Waals surface area (Å²) in [7, 11) is 1.39. The number of aromatic hydroxyl groups is 1. The normalized spacial score (nSPS) is 27.6. The lowest BCUT2D eigenvalue weighted by Crippen LogP contribution is -2.58. The van der Waals surface area contributed by atoms with Crippen LogP contribution in [-0.4, -0.2) is 58.1 Å². The van der Waals surface area contributed by atoms with Crippen LogP contribution in [0.3, 0.4) is 0 Å². The Morgan fingerprint density at radius 3 is 2.35 bits per heavy atom. The first-order valence-corrected chi connectivity index (χ1v) is 16.7. The molecule has 49 heavy (non-hydrogen) atoms. The summed E-state index contributed by atoms with van der Waals surface area (Å²) in [5.41, 5.74) is 1.33. The Kier molecular flexibility index (Phi) is 8.27. The first kappa shape index (κ1) is 32.5. The number of carbonyl (C=O) groups is 5. The fourth-order valence-electron chi connectivity index (χ4n) is 8.84. The van der Waals surface area contributed by atoms with Crippen molar-refractivity contribution >= 4 is 46.5 Å². The van der Waals surface area contributed by atoms with Crippen molar-refractivity contribution in [3.05, 3.63) is 112 Å². The third-order valence-corrected chi connectivity index (χ3v) is 11.1. The van der Waals surface area contributed by atoms with Crippen molar-refractivity contribution < 1.29 is 38.9 Å². The van der Waals surface area contributed by atoms with Crippen LogP contribution >= 0.6 is 11.6 Å². The van der Waals surface area contributed by atoms with Gasteiger partial charge >= 0.3 is 5.97 Å². The number of rotatable bonds is 8. The third-order valence-electron chi connectivity index (χ3n) is 10.8. The molecule has 0 bridgehead atoms. The number of imide groups is 1. The number of allylic oxidation sites excluding steroid dienone is 4. The number of halogens is 1. The van der Waals surface area contributed by atoms with E-state index in [9.17, 15) is 29.4 Å². The second-order valence-corrected chi connectivity index (χ2v) is 13.6. The van der Waals surface area contributed by atoms with E-state index >= 15 is 4.79 Å². The summed E-state index contributed by atoms with van der Waals surface area (Å²) in [5.74, 6) is -6.26. The zero-order valence-corrected chi connectivity index (χ0v) is 27.4. The van der Waals surface area contributed by atoms with Crippen LogP contribution in [0, 0.1) is 23.7 Å². The standard InChI is InChI=1S/C39H34ClNO8/c1-49-30-18-22(17-29(40)36(30)46)34-24-14-15-25-33(38(48)41(37(25)47)16-8-13-32(43)44)27(24)19-28-35(45)26(21-9-4-2-5-10-21)20-31(42)39(28,34)23-11-6-3-7-12-23/h2-7,9-12,14,17-18,20,25,27-28,33-34,46H,8,13,15-16,19H2,1H3,(H,43,44). The highest BCUT2D eigenvalue weighted by molar-refractivity contribution is 6.33. The molecule has 1 aliphatic heterocycles. The average molecular weight is 680 g/mol. The van der Waals surface area contributed by atoms with E-state index in [0.29, 0.717) is 16.7 Å². The van der Waals surface area contributed by atoms with Gasteiger partial charge in [-0.3, -0.25) is 28.9 Å². The van der Waals surface area contributed by atoms with Crippen LogP contribution in [0.1, 0.15) is 48.3 Å². The van der Waals surface area contributed by atoms with Crippen LogP contribution in [0.2, 0.25) is 5.02 Å². The van der Waals surface area contributed by atoms with Gasteiger partial charge in [0, 0.05) is 30.4 Å². The van der Waals surface area contributed by atoms with Gasteiger partial charge in [0.25, 0.3) is 0 Å². The van der Waals surface area contributed by atoms with E-state index in [2.05, 4.69) is 0 Å². The third kappa shape index (κ3) is 5.01. The van der Waals surface area contributed by atoms with E-state index in [4.69, 9.17) is 16.3 Å². The number of carboxylic acid groups (broad SMARTS) is 1. The topological polar surface area (TPSA) is 138 Å². The summed E-state index contributed by atoms with van der Waals surface area (Å²) >= 11 is 6.59. The number of nitrogens with zero attached hydrogens (tertiary/aromatic N) is 1. The first-order valence-electron chi connectivity index (χ1n) is 16.3. The minimum Gasteiger partial charge on any atom is -0.503 e. The van der Waals surface area contributed by atoms with Crippen LogP contribution in [-0.2, 0) is 29.4 Å². The molecule has 1 saturated carbocycles. The Bertz CT molecular complexity index is 1950. The molecule has 4 aliphatic rings. The Hall–Kier alpha value is -5.02.